The average Bonchev–Trinajstić information content (AvgIpc) is 3.41. The molecule has 0 fully saturated rings. The van der Waals surface area contributed by atoms with Gasteiger partial charge in [0.2, 0.25) is 0 Å². The first-order chi connectivity index (χ1) is 17.2. The molecule has 0 bridgehead atoms. The summed E-state index contributed by atoms with van der Waals surface area (Å²) in [6, 6.07) is 12.3. The Labute approximate surface area is 205 Å². The monoisotopic (exact) mass is 490 g/mol. The van der Waals surface area contributed by atoms with Crippen molar-refractivity contribution in [1.29, 1.82) is 0 Å². The number of hydrazone groups is 1. The van der Waals surface area contributed by atoms with Crippen LogP contribution in [0.25, 0.3) is 17.0 Å². The number of hydrogen-bond donors (Lipinski definition) is 2. The average molecular weight is 490 g/mol. The first kappa shape index (κ1) is 24.2. The van der Waals surface area contributed by atoms with Crippen LogP contribution in [0.3, 0.4) is 0 Å². The van der Waals surface area contributed by atoms with Crippen LogP contribution in [0.4, 0.5) is 10.5 Å². The highest BCUT2D eigenvalue weighted by Gasteiger charge is 2.33. The number of fused-ring (bicyclic) bond motifs is 1. The van der Waals surface area contributed by atoms with Gasteiger partial charge in [-0.25, -0.2) is 14.4 Å². The zero-order valence-electron chi connectivity index (χ0n) is 19.6. The smallest absolute Gasteiger partial charge is 0.412 e. The predicted molar refractivity (Wildman–Crippen MR) is 131 cm³/mol. The number of nitrogens with one attached hydrogen (secondary N) is 1. The van der Waals surface area contributed by atoms with E-state index in [1.165, 1.54) is 38.5 Å². The number of carbonyl (C=O) groups is 4. The Kier molecular flexibility index (Phi) is 6.55. The number of methoxy groups -OCH3 is 2. The van der Waals surface area contributed by atoms with Gasteiger partial charge in [0, 0.05) is 22.7 Å². The maximum absolute atomic E-state index is 13.4. The molecular formula is C25H22N4O7. The Hall–Kier alpha value is -4.93. The summed E-state index contributed by atoms with van der Waals surface area (Å²) in [5.74, 6) is -2.14. The number of anilines is 1. The molecule has 4 rings (SSSR count). The molecule has 0 radical (unpaired) electrons. The fourth-order valence-electron chi connectivity index (χ4n) is 3.81. The van der Waals surface area contributed by atoms with Gasteiger partial charge >= 0.3 is 18.0 Å². The molecule has 0 saturated heterocycles. The van der Waals surface area contributed by atoms with E-state index in [1.54, 1.807) is 23.8 Å². The zero-order valence-corrected chi connectivity index (χ0v) is 19.6. The minimum Gasteiger partial charge on any atom is -0.478 e. The number of benzene rings is 2. The van der Waals surface area contributed by atoms with Crippen LogP contribution in [-0.2, 0) is 19.1 Å². The van der Waals surface area contributed by atoms with Gasteiger partial charge in [-0.1, -0.05) is 18.2 Å². The minimum absolute atomic E-state index is 0.0468. The van der Waals surface area contributed by atoms with Crippen molar-refractivity contribution in [2.75, 3.05) is 19.2 Å². The second-order valence-corrected chi connectivity index (χ2v) is 7.80. The molecule has 3 aromatic rings. The lowest BCUT2D eigenvalue weighted by Gasteiger charge is -2.12. The van der Waals surface area contributed by atoms with Crippen LogP contribution < -0.4 is 10.3 Å². The number of alkyl carbamates (subject to hydrolysis) is 1. The van der Waals surface area contributed by atoms with E-state index in [-0.39, 0.29) is 17.0 Å². The summed E-state index contributed by atoms with van der Waals surface area (Å²) < 4.78 is 11.3. The van der Waals surface area contributed by atoms with E-state index in [0.717, 1.165) is 15.9 Å². The molecule has 11 heteroatoms. The van der Waals surface area contributed by atoms with Gasteiger partial charge in [-0.15, -0.1) is 5.10 Å². The molecule has 1 aliphatic rings. The number of amides is 2. The van der Waals surface area contributed by atoms with Gasteiger partial charge in [-0.2, -0.15) is 5.01 Å². The molecule has 1 aromatic heterocycles. The molecule has 1 atom stereocenters. The van der Waals surface area contributed by atoms with Crippen molar-refractivity contribution >= 4 is 52.4 Å². The number of aromatic nitrogens is 1. The normalized spacial score (nSPS) is 15.1. The number of hydrogen-bond acceptors (Lipinski definition) is 7. The van der Waals surface area contributed by atoms with Gasteiger partial charge < -0.3 is 19.1 Å². The molecule has 2 N–H and O–H groups in total. The molecule has 0 saturated carbocycles. The summed E-state index contributed by atoms with van der Waals surface area (Å²) >= 11 is 0. The van der Waals surface area contributed by atoms with Crippen LogP contribution in [0.2, 0.25) is 0 Å². The number of esters is 1. The number of rotatable bonds is 5. The molecule has 11 nitrogen and oxygen atoms in total. The Balaban J connectivity index is 1.80. The molecule has 2 heterocycles. The van der Waals surface area contributed by atoms with Crippen LogP contribution in [0.1, 0.15) is 28.9 Å². The Morgan fingerprint density at radius 1 is 1.06 bits per heavy atom. The topological polar surface area (TPSA) is 140 Å². The summed E-state index contributed by atoms with van der Waals surface area (Å²) in [4.78, 5) is 48.7. The Morgan fingerprint density at radius 2 is 1.75 bits per heavy atom. The molecule has 2 amide bonds. The lowest BCUT2D eigenvalue weighted by molar-refractivity contribution is -0.143. The SMILES string of the molecule is COC(=O)NC1=NN(c2ccc(C(=O)O)cc2)C(=O)/C1=C\c1cn(C(C)C(=O)OC)c2ccccc12. The number of carboxylic acid groups (broad SMARTS) is 1. The van der Waals surface area contributed by atoms with Crippen molar-refractivity contribution in [1.82, 2.24) is 9.88 Å². The van der Waals surface area contributed by atoms with Crippen LogP contribution in [0.5, 0.6) is 0 Å². The van der Waals surface area contributed by atoms with Crippen molar-refractivity contribution in [2.45, 2.75) is 13.0 Å². The van der Waals surface area contributed by atoms with Crippen LogP contribution in [0, 0.1) is 0 Å². The van der Waals surface area contributed by atoms with Gasteiger partial charge in [0.1, 0.15) is 6.04 Å². The van der Waals surface area contributed by atoms with E-state index in [4.69, 9.17) is 9.84 Å². The fraction of sp³-hybridized carbons (Fsp3) is 0.160. The number of aromatic carboxylic acids is 1. The molecule has 0 spiro atoms. The van der Waals surface area contributed by atoms with Crippen LogP contribution >= 0.6 is 0 Å². The summed E-state index contributed by atoms with van der Waals surface area (Å²) in [6.45, 7) is 1.70. The quantitative estimate of drug-likeness (QED) is 0.414. The third-order valence-corrected chi connectivity index (χ3v) is 5.67. The van der Waals surface area contributed by atoms with Gasteiger partial charge in [-0.3, -0.25) is 10.1 Å². The van der Waals surface area contributed by atoms with Gasteiger partial charge in [0.25, 0.3) is 5.91 Å². The second-order valence-electron chi connectivity index (χ2n) is 7.80. The van der Waals surface area contributed by atoms with E-state index in [9.17, 15) is 19.2 Å². The van der Waals surface area contributed by atoms with E-state index in [0.29, 0.717) is 11.3 Å². The molecule has 2 aromatic carbocycles. The molecule has 184 valence electrons. The third kappa shape index (κ3) is 4.41. The first-order valence-electron chi connectivity index (χ1n) is 10.8. The second kappa shape index (κ2) is 9.74. The van der Waals surface area contributed by atoms with E-state index in [2.05, 4.69) is 15.2 Å². The summed E-state index contributed by atoms with van der Waals surface area (Å²) in [6.07, 6.45) is 2.45. The van der Waals surface area contributed by atoms with Crippen molar-refractivity contribution in [2.24, 2.45) is 5.10 Å². The summed E-state index contributed by atoms with van der Waals surface area (Å²) in [7, 11) is 2.49. The van der Waals surface area contributed by atoms with Gasteiger partial charge in [0.05, 0.1) is 31.0 Å². The third-order valence-electron chi connectivity index (χ3n) is 5.67. The number of ether oxygens (including phenoxy) is 2. The lowest BCUT2D eigenvalue weighted by Crippen LogP contribution is -2.31. The highest BCUT2D eigenvalue weighted by Crippen LogP contribution is 2.30. The highest BCUT2D eigenvalue weighted by molar-refractivity contribution is 6.34. The van der Waals surface area contributed by atoms with Crippen LogP contribution in [0.15, 0.2) is 65.4 Å². The maximum atomic E-state index is 13.4. The molecule has 1 unspecified atom stereocenters. The minimum atomic E-state index is -1.11. The zero-order chi connectivity index (χ0) is 26.0. The van der Waals surface area contributed by atoms with Crippen molar-refractivity contribution in [3.05, 3.63) is 71.4 Å². The highest BCUT2D eigenvalue weighted by atomic mass is 16.5. The number of amidine groups is 1. The van der Waals surface area contributed by atoms with E-state index >= 15 is 0 Å². The van der Waals surface area contributed by atoms with Crippen molar-refractivity contribution in [3.63, 3.8) is 0 Å². The largest absolute Gasteiger partial charge is 0.478 e. The number of nitrogens with zero attached hydrogens (tertiary/aromatic N) is 3. The Bertz CT molecular complexity index is 1440. The predicted octanol–water partition coefficient (Wildman–Crippen LogP) is 3.17. The van der Waals surface area contributed by atoms with E-state index in [1.807, 2.05) is 24.3 Å². The summed E-state index contributed by atoms with van der Waals surface area (Å²) in [5, 5.41) is 17.6. The molecular weight excluding hydrogens is 468 g/mol. The number of carbonyl (C=O) groups excluding carboxylic acids is 3. The Morgan fingerprint density at radius 3 is 2.39 bits per heavy atom. The van der Waals surface area contributed by atoms with Crippen molar-refractivity contribution < 1.29 is 33.8 Å². The molecule has 1 aliphatic heterocycles. The van der Waals surface area contributed by atoms with E-state index < -0.39 is 30.0 Å². The first-order valence-corrected chi connectivity index (χ1v) is 10.8. The molecule has 36 heavy (non-hydrogen) atoms. The lowest BCUT2D eigenvalue weighted by atomic mass is 10.1. The van der Waals surface area contributed by atoms with Gasteiger partial charge in [0.15, 0.2) is 5.84 Å². The van der Waals surface area contributed by atoms with Crippen LogP contribution in [-0.4, -0.2) is 53.7 Å². The standard InChI is InChI=1S/C25H22N4O7/c1-14(24(33)35-2)28-13-16(18-6-4-5-7-20(18)28)12-19-21(26-25(34)36-3)27-29(22(19)30)17-10-8-15(9-11-17)23(31)32/h4-14H,1-3H3,(H,31,32)(H,26,27,34)/b19-12-. The summed E-state index contributed by atoms with van der Waals surface area (Å²) in [5.41, 5.74) is 1.77. The fourth-order valence-corrected chi connectivity index (χ4v) is 3.81. The van der Waals surface area contributed by atoms with Gasteiger partial charge in [-0.05, 0) is 43.3 Å². The van der Waals surface area contributed by atoms with Crippen molar-refractivity contribution in [3.8, 4) is 0 Å². The number of para-hydroxylation sites is 1. The molecule has 0 aliphatic carbocycles. The maximum Gasteiger partial charge on any atom is 0.412 e. The number of carboxylic acids is 1.